The second-order valence-electron chi connectivity index (χ2n) is 4.83. The van der Waals surface area contributed by atoms with E-state index < -0.39 is 32.4 Å². The van der Waals surface area contributed by atoms with E-state index >= 15 is 0 Å². The number of nitrogens with one attached hydrogen (secondary N) is 1. The Hall–Kier alpha value is -1.93. The van der Waals surface area contributed by atoms with Gasteiger partial charge in [0.25, 0.3) is 10.0 Å². The first-order valence-electron chi connectivity index (χ1n) is 6.26. The highest BCUT2D eigenvalue weighted by molar-refractivity contribution is 7.92. The first kappa shape index (κ1) is 17.4. The molecule has 9 heteroatoms. The molecule has 0 fully saturated rings. The Morgan fingerprint density at radius 2 is 1.70 bits per heavy atom. The van der Waals surface area contributed by atoms with Crippen molar-refractivity contribution in [3.8, 4) is 0 Å². The molecule has 0 atom stereocenters. The Morgan fingerprint density at radius 1 is 1.04 bits per heavy atom. The zero-order chi connectivity index (χ0) is 17.4. The fraction of sp³-hybridized carbons (Fsp3) is 0.143. The Kier molecular flexibility index (Phi) is 4.76. The van der Waals surface area contributed by atoms with Gasteiger partial charge in [0.05, 0.1) is 11.4 Å². The van der Waals surface area contributed by atoms with E-state index in [1.165, 1.54) is 6.07 Å². The largest absolute Gasteiger partial charge is 0.376 e. The van der Waals surface area contributed by atoms with Gasteiger partial charge in [-0.2, -0.15) is 0 Å². The fourth-order valence-electron chi connectivity index (χ4n) is 1.90. The third-order valence-electron chi connectivity index (χ3n) is 2.97. The van der Waals surface area contributed by atoms with Gasteiger partial charge >= 0.3 is 0 Å². The standard InChI is InChI=1S/C14H12ClF3N2O2S/c1-20(2)11-5-3-8(15)7-10(11)19-23(21,22)12-6-4-9(16)13(17)14(12)18/h3-7,19H,1-2H3. The average Bonchev–Trinajstić information content (AvgIpc) is 2.43. The highest BCUT2D eigenvalue weighted by Crippen LogP contribution is 2.30. The van der Waals surface area contributed by atoms with Crippen LogP contribution >= 0.6 is 11.6 Å². The number of anilines is 2. The van der Waals surface area contributed by atoms with E-state index in [-0.39, 0.29) is 10.7 Å². The fourth-order valence-corrected chi connectivity index (χ4v) is 3.20. The number of benzene rings is 2. The van der Waals surface area contributed by atoms with E-state index in [9.17, 15) is 21.6 Å². The van der Waals surface area contributed by atoms with E-state index in [0.717, 1.165) is 0 Å². The van der Waals surface area contributed by atoms with Crippen molar-refractivity contribution in [2.75, 3.05) is 23.7 Å². The number of halogens is 4. The monoisotopic (exact) mass is 364 g/mol. The average molecular weight is 365 g/mol. The predicted molar refractivity (Wildman–Crippen MR) is 82.9 cm³/mol. The van der Waals surface area contributed by atoms with Gasteiger partial charge in [-0.05, 0) is 30.3 Å². The quantitative estimate of drug-likeness (QED) is 0.843. The van der Waals surface area contributed by atoms with Crippen molar-refractivity contribution in [1.29, 1.82) is 0 Å². The van der Waals surface area contributed by atoms with Crippen molar-refractivity contribution >= 4 is 33.0 Å². The van der Waals surface area contributed by atoms with Crippen LogP contribution in [0, 0.1) is 17.5 Å². The summed E-state index contributed by atoms with van der Waals surface area (Å²) in [6, 6.07) is 5.62. The molecule has 0 saturated heterocycles. The lowest BCUT2D eigenvalue weighted by atomic mass is 10.2. The van der Waals surface area contributed by atoms with E-state index in [1.807, 2.05) is 0 Å². The molecule has 2 aromatic carbocycles. The summed E-state index contributed by atoms with van der Waals surface area (Å²) in [4.78, 5) is 0.608. The summed E-state index contributed by atoms with van der Waals surface area (Å²) in [7, 11) is -1.14. The smallest absolute Gasteiger partial charge is 0.265 e. The number of hydrogen-bond acceptors (Lipinski definition) is 3. The van der Waals surface area contributed by atoms with E-state index in [0.29, 0.717) is 17.8 Å². The number of rotatable bonds is 4. The minimum Gasteiger partial charge on any atom is -0.376 e. The van der Waals surface area contributed by atoms with Crippen LogP contribution in [0.5, 0.6) is 0 Å². The van der Waals surface area contributed by atoms with Crippen LogP contribution in [-0.2, 0) is 10.0 Å². The summed E-state index contributed by atoms with van der Waals surface area (Å²) < 4.78 is 66.6. The molecule has 0 aliphatic rings. The molecule has 4 nitrogen and oxygen atoms in total. The molecule has 124 valence electrons. The van der Waals surface area contributed by atoms with Crippen LogP contribution in [0.4, 0.5) is 24.5 Å². The van der Waals surface area contributed by atoms with Gasteiger partial charge in [-0.3, -0.25) is 4.72 Å². The van der Waals surface area contributed by atoms with Crippen molar-refractivity contribution in [2.45, 2.75) is 4.90 Å². The second kappa shape index (κ2) is 6.29. The van der Waals surface area contributed by atoms with Crippen LogP contribution in [0.25, 0.3) is 0 Å². The van der Waals surface area contributed by atoms with Gasteiger partial charge in [0.2, 0.25) is 0 Å². The van der Waals surface area contributed by atoms with Crippen molar-refractivity contribution in [3.05, 3.63) is 52.8 Å². The normalized spacial score (nSPS) is 11.4. The number of hydrogen-bond donors (Lipinski definition) is 1. The maximum atomic E-state index is 13.7. The molecular weight excluding hydrogens is 353 g/mol. The second-order valence-corrected chi connectivity index (χ2v) is 6.92. The molecule has 0 heterocycles. The lowest BCUT2D eigenvalue weighted by Crippen LogP contribution is -2.18. The van der Waals surface area contributed by atoms with Gasteiger partial charge in [-0.1, -0.05) is 11.6 Å². The highest BCUT2D eigenvalue weighted by atomic mass is 35.5. The minimum absolute atomic E-state index is 0.0756. The number of nitrogens with zero attached hydrogens (tertiary/aromatic N) is 1. The van der Waals surface area contributed by atoms with Gasteiger partial charge in [-0.15, -0.1) is 0 Å². The van der Waals surface area contributed by atoms with E-state index in [4.69, 9.17) is 11.6 Å². The summed E-state index contributed by atoms with van der Waals surface area (Å²) in [6.45, 7) is 0. The molecule has 23 heavy (non-hydrogen) atoms. The summed E-state index contributed by atoms with van der Waals surface area (Å²) in [6.07, 6.45) is 0. The first-order valence-corrected chi connectivity index (χ1v) is 8.13. The van der Waals surface area contributed by atoms with Gasteiger partial charge < -0.3 is 4.90 Å². The van der Waals surface area contributed by atoms with E-state index in [1.54, 1.807) is 31.1 Å². The molecule has 0 aliphatic carbocycles. The Morgan fingerprint density at radius 3 is 2.30 bits per heavy atom. The molecular formula is C14H12ClF3N2O2S. The van der Waals surface area contributed by atoms with Crippen molar-refractivity contribution < 1.29 is 21.6 Å². The third kappa shape index (κ3) is 3.53. The molecule has 0 spiro atoms. The Labute approximate surface area is 136 Å². The van der Waals surface area contributed by atoms with Gasteiger partial charge in [0.15, 0.2) is 17.5 Å². The van der Waals surface area contributed by atoms with Crippen molar-refractivity contribution in [1.82, 2.24) is 0 Å². The maximum Gasteiger partial charge on any atom is 0.265 e. The molecule has 0 unspecified atom stereocenters. The lowest BCUT2D eigenvalue weighted by molar-refractivity contribution is 0.432. The van der Waals surface area contributed by atoms with Gasteiger partial charge in [-0.25, -0.2) is 21.6 Å². The summed E-state index contributed by atoms with van der Waals surface area (Å²) >= 11 is 5.84. The zero-order valence-corrected chi connectivity index (χ0v) is 13.6. The molecule has 0 bridgehead atoms. The van der Waals surface area contributed by atoms with Crippen molar-refractivity contribution in [2.24, 2.45) is 0 Å². The molecule has 1 N–H and O–H groups in total. The summed E-state index contributed by atoms with van der Waals surface area (Å²) in [5, 5.41) is 0.249. The molecule has 0 saturated carbocycles. The summed E-state index contributed by atoms with van der Waals surface area (Å²) in [5.41, 5.74) is 0.535. The minimum atomic E-state index is -4.47. The number of sulfonamides is 1. The van der Waals surface area contributed by atoms with Gasteiger partial charge in [0.1, 0.15) is 4.90 Å². The lowest BCUT2D eigenvalue weighted by Gasteiger charge is -2.19. The molecule has 0 aliphatic heterocycles. The molecule has 2 rings (SSSR count). The maximum absolute atomic E-state index is 13.7. The predicted octanol–water partition coefficient (Wildman–Crippen LogP) is 3.62. The molecule has 0 amide bonds. The molecule has 0 radical (unpaired) electrons. The zero-order valence-electron chi connectivity index (χ0n) is 12.1. The van der Waals surface area contributed by atoms with Gasteiger partial charge in [0, 0.05) is 19.1 Å². The Bertz CT molecular complexity index is 857. The SMILES string of the molecule is CN(C)c1ccc(Cl)cc1NS(=O)(=O)c1ccc(F)c(F)c1F. The van der Waals surface area contributed by atoms with Crippen LogP contribution in [0.2, 0.25) is 5.02 Å². The van der Waals surface area contributed by atoms with Crippen LogP contribution in [-0.4, -0.2) is 22.5 Å². The first-order chi connectivity index (χ1) is 10.6. The van der Waals surface area contributed by atoms with Crippen molar-refractivity contribution in [3.63, 3.8) is 0 Å². The summed E-state index contributed by atoms with van der Waals surface area (Å²) in [5.74, 6) is -5.11. The molecule has 2 aromatic rings. The third-order valence-corrected chi connectivity index (χ3v) is 4.59. The Balaban J connectivity index is 2.52. The van der Waals surface area contributed by atoms with Crippen LogP contribution in [0.3, 0.4) is 0 Å². The molecule has 0 aromatic heterocycles. The van der Waals surface area contributed by atoms with E-state index in [2.05, 4.69) is 4.72 Å². The highest BCUT2D eigenvalue weighted by Gasteiger charge is 2.25. The van der Waals surface area contributed by atoms with Crippen LogP contribution in [0.15, 0.2) is 35.2 Å². The van der Waals surface area contributed by atoms with Crippen LogP contribution < -0.4 is 9.62 Å². The topological polar surface area (TPSA) is 49.4 Å². The van der Waals surface area contributed by atoms with Crippen LogP contribution in [0.1, 0.15) is 0 Å².